The number of guanidine groups is 1. The number of nitrogens with two attached hydrogens (primary N) is 1. The second kappa shape index (κ2) is 9.96. The van der Waals surface area contributed by atoms with Crippen LogP contribution in [0, 0.1) is 0 Å². The largest absolute Gasteiger partial charge is 0.356 e. The molecule has 0 aliphatic rings. The van der Waals surface area contributed by atoms with Crippen molar-refractivity contribution >= 4 is 40.0 Å². The van der Waals surface area contributed by atoms with Gasteiger partial charge >= 0.3 is 0 Å². The molecule has 0 aliphatic heterocycles. The predicted octanol–water partition coefficient (Wildman–Crippen LogP) is 1.42. The van der Waals surface area contributed by atoms with E-state index in [-0.39, 0.29) is 28.9 Å². The fraction of sp³-hybridized carbons (Fsp3) is 0.462. The molecule has 0 bridgehead atoms. The Hall–Kier alpha value is -0.870. The SMILES string of the molecule is CCCCNC(=NC)NCc1ccc(S(N)(=O)=O)cc1.I. The maximum Gasteiger partial charge on any atom is 0.238 e. The number of sulfonamides is 1. The van der Waals surface area contributed by atoms with Crippen LogP contribution in [0.3, 0.4) is 0 Å². The zero-order chi connectivity index (χ0) is 15.0. The summed E-state index contributed by atoms with van der Waals surface area (Å²) in [5.74, 6) is 0.731. The molecular formula is C13H23IN4O2S. The number of nitrogens with zero attached hydrogens (tertiary/aromatic N) is 1. The van der Waals surface area contributed by atoms with Crippen molar-refractivity contribution in [1.82, 2.24) is 10.6 Å². The molecule has 0 unspecified atom stereocenters. The highest BCUT2D eigenvalue weighted by atomic mass is 127. The van der Waals surface area contributed by atoms with Gasteiger partial charge in [0, 0.05) is 20.1 Å². The van der Waals surface area contributed by atoms with Crippen LogP contribution in [0.25, 0.3) is 0 Å². The average molecular weight is 426 g/mol. The van der Waals surface area contributed by atoms with Crippen molar-refractivity contribution in [2.45, 2.75) is 31.2 Å². The summed E-state index contributed by atoms with van der Waals surface area (Å²) in [6, 6.07) is 6.46. The van der Waals surface area contributed by atoms with E-state index in [0.29, 0.717) is 6.54 Å². The van der Waals surface area contributed by atoms with E-state index < -0.39 is 10.0 Å². The molecule has 0 saturated carbocycles. The first-order valence-electron chi connectivity index (χ1n) is 6.53. The average Bonchev–Trinajstić information content (AvgIpc) is 2.42. The topological polar surface area (TPSA) is 96.6 Å². The highest BCUT2D eigenvalue weighted by Gasteiger charge is 2.06. The van der Waals surface area contributed by atoms with Crippen LogP contribution in [0.15, 0.2) is 34.2 Å². The van der Waals surface area contributed by atoms with Crippen molar-refractivity contribution < 1.29 is 8.42 Å². The molecule has 4 N–H and O–H groups in total. The smallest absolute Gasteiger partial charge is 0.238 e. The van der Waals surface area contributed by atoms with Crippen molar-refractivity contribution in [3.05, 3.63) is 29.8 Å². The van der Waals surface area contributed by atoms with E-state index in [4.69, 9.17) is 5.14 Å². The molecule has 0 aromatic heterocycles. The van der Waals surface area contributed by atoms with Crippen molar-refractivity contribution in [2.75, 3.05) is 13.6 Å². The normalized spacial score (nSPS) is 11.7. The number of hydrogen-bond donors (Lipinski definition) is 3. The molecule has 0 saturated heterocycles. The molecule has 21 heavy (non-hydrogen) atoms. The molecule has 0 radical (unpaired) electrons. The number of rotatable bonds is 6. The minimum Gasteiger partial charge on any atom is -0.356 e. The molecule has 1 rings (SSSR count). The van der Waals surface area contributed by atoms with Gasteiger partial charge in [-0.25, -0.2) is 13.6 Å². The minimum atomic E-state index is -3.63. The molecule has 0 amide bonds. The monoisotopic (exact) mass is 426 g/mol. The lowest BCUT2D eigenvalue weighted by Gasteiger charge is -2.11. The van der Waals surface area contributed by atoms with Crippen LogP contribution in [-0.4, -0.2) is 28.0 Å². The van der Waals surface area contributed by atoms with Crippen LogP contribution in [0.2, 0.25) is 0 Å². The number of hydrogen-bond acceptors (Lipinski definition) is 3. The van der Waals surface area contributed by atoms with E-state index in [2.05, 4.69) is 22.5 Å². The minimum absolute atomic E-state index is 0. The first kappa shape index (κ1) is 20.1. The van der Waals surface area contributed by atoms with Gasteiger partial charge in [0.1, 0.15) is 0 Å². The lowest BCUT2D eigenvalue weighted by Crippen LogP contribution is -2.37. The Morgan fingerprint density at radius 1 is 1.24 bits per heavy atom. The van der Waals surface area contributed by atoms with Crippen LogP contribution in [0.5, 0.6) is 0 Å². The van der Waals surface area contributed by atoms with Crippen molar-refractivity contribution in [1.29, 1.82) is 0 Å². The fourth-order valence-electron chi connectivity index (χ4n) is 1.59. The van der Waals surface area contributed by atoms with Crippen molar-refractivity contribution in [2.24, 2.45) is 10.1 Å². The van der Waals surface area contributed by atoms with Gasteiger partial charge in [-0.05, 0) is 24.1 Å². The van der Waals surface area contributed by atoms with Crippen LogP contribution >= 0.6 is 24.0 Å². The Morgan fingerprint density at radius 2 is 1.86 bits per heavy atom. The van der Waals surface area contributed by atoms with Crippen molar-refractivity contribution in [3.63, 3.8) is 0 Å². The summed E-state index contributed by atoms with van der Waals surface area (Å²) in [6.45, 7) is 3.57. The molecule has 6 nitrogen and oxygen atoms in total. The molecule has 0 fully saturated rings. The third-order valence-corrected chi connectivity index (χ3v) is 3.69. The predicted molar refractivity (Wildman–Crippen MR) is 96.3 cm³/mol. The maximum absolute atomic E-state index is 11.1. The fourth-order valence-corrected chi connectivity index (χ4v) is 2.10. The third kappa shape index (κ3) is 7.63. The highest BCUT2D eigenvalue weighted by molar-refractivity contribution is 14.0. The van der Waals surface area contributed by atoms with Gasteiger partial charge < -0.3 is 10.6 Å². The van der Waals surface area contributed by atoms with Gasteiger partial charge in [-0.15, -0.1) is 24.0 Å². The van der Waals surface area contributed by atoms with E-state index in [1.54, 1.807) is 19.2 Å². The molecule has 1 aromatic carbocycles. The summed E-state index contributed by atoms with van der Waals surface area (Å²) < 4.78 is 22.3. The van der Waals surface area contributed by atoms with Gasteiger partial charge in [0.2, 0.25) is 10.0 Å². The second-order valence-electron chi connectivity index (χ2n) is 4.40. The van der Waals surface area contributed by atoms with E-state index >= 15 is 0 Å². The van der Waals surface area contributed by atoms with Gasteiger partial charge in [0.15, 0.2) is 5.96 Å². The van der Waals surface area contributed by atoms with Crippen LogP contribution in [0.4, 0.5) is 0 Å². The quantitative estimate of drug-likeness (QED) is 0.278. The first-order valence-corrected chi connectivity index (χ1v) is 8.08. The summed E-state index contributed by atoms with van der Waals surface area (Å²) in [5.41, 5.74) is 0.954. The third-order valence-electron chi connectivity index (χ3n) is 2.76. The summed E-state index contributed by atoms with van der Waals surface area (Å²) in [6.07, 6.45) is 2.21. The number of halogens is 1. The van der Waals surface area contributed by atoms with Gasteiger partial charge in [-0.1, -0.05) is 25.5 Å². The number of benzene rings is 1. The Balaban J connectivity index is 0.00000400. The summed E-state index contributed by atoms with van der Waals surface area (Å²) in [7, 11) is -1.91. The van der Waals surface area contributed by atoms with Gasteiger partial charge in [-0.2, -0.15) is 0 Å². The number of unbranched alkanes of at least 4 members (excludes halogenated alkanes) is 1. The molecule has 0 aliphatic carbocycles. The summed E-state index contributed by atoms with van der Waals surface area (Å²) >= 11 is 0. The Bertz CT molecular complexity index is 544. The van der Waals surface area contributed by atoms with Crippen LogP contribution < -0.4 is 15.8 Å². The Labute approximate surface area is 143 Å². The molecule has 0 atom stereocenters. The molecule has 120 valence electrons. The molecule has 0 spiro atoms. The lowest BCUT2D eigenvalue weighted by atomic mass is 10.2. The number of nitrogens with one attached hydrogen (secondary N) is 2. The highest BCUT2D eigenvalue weighted by Crippen LogP contribution is 2.08. The van der Waals surface area contributed by atoms with E-state index in [1.165, 1.54) is 12.1 Å². The summed E-state index contributed by atoms with van der Waals surface area (Å²) in [4.78, 5) is 4.23. The molecule has 8 heteroatoms. The van der Waals surface area contributed by atoms with Gasteiger partial charge in [0.25, 0.3) is 0 Å². The second-order valence-corrected chi connectivity index (χ2v) is 5.96. The number of aliphatic imine (C=N–C) groups is 1. The first-order chi connectivity index (χ1) is 9.47. The van der Waals surface area contributed by atoms with E-state index in [0.717, 1.165) is 30.9 Å². The van der Waals surface area contributed by atoms with Crippen molar-refractivity contribution in [3.8, 4) is 0 Å². The zero-order valence-electron chi connectivity index (χ0n) is 12.3. The molecule has 1 aromatic rings. The lowest BCUT2D eigenvalue weighted by molar-refractivity contribution is 0.597. The van der Waals surface area contributed by atoms with E-state index in [9.17, 15) is 8.42 Å². The maximum atomic E-state index is 11.1. The van der Waals surface area contributed by atoms with Crippen LogP contribution in [-0.2, 0) is 16.6 Å². The Morgan fingerprint density at radius 3 is 2.33 bits per heavy atom. The van der Waals surface area contributed by atoms with E-state index in [1.807, 2.05) is 0 Å². The molecule has 0 heterocycles. The van der Waals surface area contributed by atoms with Gasteiger partial charge in [0.05, 0.1) is 4.90 Å². The Kier molecular flexibility index (Phi) is 9.54. The standard InChI is InChI=1S/C13H22N4O2S.HI/c1-3-4-9-16-13(15-2)17-10-11-5-7-12(8-6-11)20(14,18)19;/h5-8H,3-4,9-10H2,1-2H3,(H2,14,18,19)(H2,15,16,17);1H. The zero-order valence-corrected chi connectivity index (χ0v) is 15.4. The molecular weight excluding hydrogens is 403 g/mol. The van der Waals surface area contributed by atoms with Crippen LogP contribution in [0.1, 0.15) is 25.3 Å². The van der Waals surface area contributed by atoms with Gasteiger partial charge in [-0.3, -0.25) is 4.99 Å². The summed E-state index contributed by atoms with van der Waals surface area (Å²) in [5, 5.41) is 11.4. The number of primary sulfonamides is 1.